The summed E-state index contributed by atoms with van der Waals surface area (Å²) in [5, 5.41) is 9.63. The fourth-order valence-electron chi connectivity index (χ4n) is 2.40. The Bertz CT molecular complexity index is 520. The molecule has 1 N–H and O–H groups in total. The third-order valence-corrected chi connectivity index (χ3v) is 3.40. The molecule has 1 aliphatic heterocycles. The Morgan fingerprint density at radius 1 is 1.33 bits per heavy atom. The summed E-state index contributed by atoms with van der Waals surface area (Å²) in [5.74, 6) is 0. The Balaban J connectivity index is 1.89. The average Bonchev–Trinajstić information content (AvgIpc) is 2.88. The van der Waals surface area contributed by atoms with Gasteiger partial charge in [-0.3, -0.25) is 4.90 Å². The first-order chi connectivity index (χ1) is 8.88. The summed E-state index contributed by atoms with van der Waals surface area (Å²) in [6.45, 7) is 3.24. The second-order valence-electron chi connectivity index (χ2n) is 4.43. The van der Waals surface area contributed by atoms with Crippen LogP contribution in [0.3, 0.4) is 0 Å². The summed E-state index contributed by atoms with van der Waals surface area (Å²) in [6.07, 6.45) is 1.44. The second-order valence-corrected chi connectivity index (χ2v) is 4.43. The molecular formula is C13H16N2O3. The number of morpholine rings is 1. The van der Waals surface area contributed by atoms with E-state index in [9.17, 15) is 5.11 Å². The van der Waals surface area contributed by atoms with Gasteiger partial charge < -0.3 is 14.3 Å². The molecule has 0 spiro atoms. The first kappa shape index (κ1) is 11.6. The van der Waals surface area contributed by atoms with Crippen LogP contribution in [0.1, 0.15) is 11.6 Å². The number of fused-ring (bicyclic) bond motifs is 1. The molecule has 1 fully saturated rings. The standard InChI is InChI=1S/C13H16N2O3/c16-8-12(15-3-5-17-6-4-15)10-1-2-11-13(7-10)18-9-14-11/h1-2,7,9,12,16H,3-6,8H2. The highest BCUT2D eigenvalue weighted by Gasteiger charge is 2.22. The third kappa shape index (κ3) is 2.12. The number of rotatable bonds is 3. The minimum atomic E-state index is 0.00315. The van der Waals surface area contributed by atoms with Crippen LogP contribution in [0.25, 0.3) is 11.1 Å². The highest BCUT2D eigenvalue weighted by molar-refractivity contribution is 5.72. The molecule has 0 radical (unpaired) electrons. The molecule has 1 unspecified atom stereocenters. The van der Waals surface area contributed by atoms with Crippen molar-refractivity contribution in [2.75, 3.05) is 32.9 Å². The predicted molar refractivity (Wildman–Crippen MR) is 66.2 cm³/mol. The summed E-state index contributed by atoms with van der Waals surface area (Å²) >= 11 is 0. The van der Waals surface area contributed by atoms with Crippen molar-refractivity contribution >= 4 is 11.1 Å². The summed E-state index contributed by atoms with van der Waals surface area (Å²) in [5.41, 5.74) is 2.67. The lowest BCUT2D eigenvalue weighted by molar-refractivity contribution is 0.00261. The molecule has 1 saturated heterocycles. The molecule has 1 aliphatic rings. The maximum absolute atomic E-state index is 9.63. The molecule has 0 saturated carbocycles. The number of aliphatic hydroxyl groups is 1. The summed E-state index contributed by atoms with van der Waals surface area (Å²) < 4.78 is 10.6. The number of aliphatic hydroxyl groups excluding tert-OH is 1. The number of hydrogen-bond acceptors (Lipinski definition) is 5. The van der Waals surface area contributed by atoms with E-state index in [2.05, 4.69) is 9.88 Å². The normalized spacial score (nSPS) is 19.2. The number of benzene rings is 1. The van der Waals surface area contributed by atoms with E-state index in [0.717, 1.165) is 43.0 Å². The average molecular weight is 248 g/mol. The van der Waals surface area contributed by atoms with Crippen LogP contribution in [0.4, 0.5) is 0 Å². The van der Waals surface area contributed by atoms with Crippen molar-refractivity contribution in [3.05, 3.63) is 30.2 Å². The molecule has 0 aliphatic carbocycles. The van der Waals surface area contributed by atoms with Gasteiger partial charge in [-0.25, -0.2) is 4.98 Å². The van der Waals surface area contributed by atoms with Crippen LogP contribution in [0.15, 0.2) is 29.0 Å². The van der Waals surface area contributed by atoms with Crippen molar-refractivity contribution in [1.82, 2.24) is 9.88 Å². The molecule has 96 valence electrons. The predicted octanol–water partition coefficient (Wildman–Crippen LogP) is 1.19. The van der Waals surface area contributed by atoms with Gasteiger partial charge in [-0.1, -0.05) is 6.07 Å². The molecule has 3 rings (SSSR count). The monoisotopic (exact) mass is 248 g/mol. The molecule has 0 amide bonds. The van der Waals surface area contributed by atoms with Crippen molar-refractivity contribution in [3.63, 3.8) is 0 Å². The number of ether oxygens (including phenoxy) is 1. The minimum absolute atomic E-state index is 0.00315. The van der Waals surface area contributed by atoms with Crippen LogP contribution >= 0.6 is 0 Å². The van der Waals surface area contributed by atoms with E-state index >= 15 is 0 Å². The van der Waals surface area contributed by atoms with Gasteiger partial charge in [0, 0.05) is 13.1 Å². The molecule has 2 heterocycles. The van der Waals surface area contributed by atoms with Crippen LogP contribution in [0.5, 0.6) is 0 Å². The maximum atomic E-state index is 9.63. The van der Waals surface area contributed by atoms with Gasteiger partial charge in [-0.2, -0.15) is 0 Å². The van der Waals surface area contributed by atoms with Crippen molar-refractivity contribution in [1.29, 1.82) is 0 Å². The smallest absolute Gasteiger partial charge is 0.181 e. The minimum Gasteiger partial charge on any atom is -0.443 e. The zero-order chi connectivity index (χ0) is 12.4. The maximum Gasteiger partial charge on any atom is 0.181 e. The summed E-state index contributed by atoms with van der Waals surface area (Å²) in [4.78, 5) is 6.33. The first-order valence-corrected chi connectivity index (χ1v) is 6.14. The first-order valence-electron chi connectivity index (χ1n) is 6.14. The van der Waals surface area contributed by atoms with Gasteiger partial charge in [-0.05, 0) is 17.7 Å². The molecule has 5 heteroatoms. The fraction of sp³-hybridized carbons (Fsp3) is 0.462. The molecule has 1 atom stereocenters. The zero-order valence-electron chi connectivity index (χ0n) is 10.1. The van der Waals surface area contributed by atoms with Crippen molar-refractivity contribution in [2.24, 2.45) is 0 Å². The number of aromatic nitrogens is 1. The van der Waals surface area contributed by atoms with Gasteiger partial charge in [0.25, 0.3) is 0 Å². The number of oxazole rings is 1. The Labute approximate surface area is 105 Å². The molecule has 1 aromatic carbocycles. The number of nitrogens with zero attached hydrogens (tertiary/aromatic N) is 2. The Kier molecular flexibility index (Phi) is 3.27. The Morgan fingerprint density at radius 3 is 2.94 bits per heavy atom. The van der Waals surface area contributed by atoms with E-state index in [-0.39, 0.29) is 12.6 Å². The lowest BCUT2D eigenvalue weighted by Gasteiger charge is -2.33. The summed E-state index contributed by atoms with van der Waals surface area (Å²) in [6, 6.07) is 5.89. The third-order valence-electron chi connectivity index (χ3n) is 3.40. The van der Waals surface area contributed by atoms with E-state index in [1.54, 1.807) is 0 Å². The zero-order valence-corrected chi connectivity index (χ0v) is 10.1. The van der Waals surface area contributed by atoms with Crippen molar-refractivity contribution < 1.29 is 14.3 Å². The SMILES string of the molecule is OCC(c1ccc2ncoc2c1)N1CCOCC1. The molecule has 2 aromatic rings. The van der Waals surface area contributed by atoms with E-state index in [0.29, 0.717) is 0 Å². The van der Waals surface area contributed by atoms with Crippen molar-refractivity contribution in [2.45, 2.75) is 6.04 Å². The lowest BCUT2D eigenvalue weighted by atomic mass is 10.1. The van der Waals surface area contributed by atoms with Gasteiger partial charge in [0.05, 0.1) is 25.9 Å². The quantitative estimate of drug-likeness (QED) is 0.884. The van der Waals surface area contributed by atoms with E-state index in [1.165, 1.54) is 6.39 Å². The molecular weight excluding hydrogens is 232 g/mol. The molecule has 1 aromatic heterocycles. The summed E-state index contributed by atoms with van der Waals surface area (Å²) in [7, 11) is 0. The van der Waals surface area contributed by atoms with Gasteiger partial charge in [0.1, 0.15) is 5.52 Å². The molecule has 18 heavy (non-hydrogen) atoms. The van der Waals surface area contributed by atoms with Crippen LogP contribution in [-0.4, -0.2) is 47.9 Å². The Morgan fingerprint density at radius 2 is 2.17 bits per heavy atom. The van der Waals surface area contributed by atoms with Gasteiger partial charge in [0.2, 0.25) is 0 Å². The van der Waals surface area contributed by atoms with Gasteiger partial charge in [0.15, 0.2) is 12.0 Å². The molecule has 0 bridgehead atoms. The van der Waals surface area contributed by atoms with Crippen LogP contribution < -0.4 is 0 Å². The van der Waals surface area contributed by atoms with Crippen LogP contribution in [-0.2, 0) is 4.74 Å². The van der Waals surface area contributed by atoms with E-state index in [1.807, 2.05) is 18.2 Å². The van der Waals surface area contributed by atoms with Gasteiger partial charge in [-0.15, -0.1) is 0 Å². The highest BCUT2D eigenvalue weighted by Crippen LogP contribution is 2.24. The van der Waals surface area contributed by atoms with E-state index in [4.69, 9.17) is 9.15 Å². The topological polar surface area (TPSA) is 58.7 Å². The molecule has 5 nitrogen and oxygen atoms in total. The van der Waals surface area contributed by atoms with Crippen LogP contribution in [0.2, 0.25) is 0 Å². The largest absolute Gasteiger partial charge is 0.443 e. The fourth-order valence-corrected chi connectivity index (χ4v) is 2.40. The second kappa shape index (κ2) is 5.06. The van der Waals surface area contributed by atoms with Gasteiger partial charge >= 0.3 is 0 Å². The van der Waals surface area contributed by atoms with Crippen LogP contribution in [0, 0.1) is 0 Å². The van der Waals surface area contributed by atoms with E-state index < -0.39 is 0 Å². The Hall–Kier alpha value is -1.43. The van der Waals surface area contributed by atoms with Crippen molar-refractivity contribution in [3.8, 4) is 0 Å². The number of hydrogen-bond donors (Lipinski definition) is 1. The lowest BCUT2D eigenvalue weighted by Crippen LogP contribution is -2.40. The highest BCUT2D eigenvalue weighted by atomic mass is 16.5.